The Morgan fingerprint density at radius 2 is 1.90 bits per heavy atom. The summed E-state index contributed by atoms with van der Waals surface area (Å²) in [5, 5.41) is 3.76. The number of rotatable bonds is 6. The van der Waals surface area contributed by atoms with Gasteiger partial charge in [0.25, 0.3) is 0 Å². The SMILES string of the molecule is COCc1cccc(CNCc2cc(Cl)ccc2F)c1. The number of benzene rings is 2. The van der Waals surface area contributed by atoms with Gasteiger partial charge in [0.05, 0.1) is 6.61 Å². The van der Waals surface area contributed by atoms with Gasteiger partial charge in [-0.1, -0.05) is 35.9 Å². The molecular formula is C16H17ClFNO. The fourth-order valence-corrected chi connectivity index (χ4v) is 2.21. The second-order valence-corrected chi connectivity index (χ2v) is 5.03. The van der Waals surface area contributed by atoms with Gasteiger partial charge in [-0.15, -0.1) is 0 Å². The Morgan fingerprint density at radius 1 is 1.10 bits per heavy atom. The van der Waals surface area contributed by atoms with Crippen LogP contribution < -0.4 is 5.32 Å². The minimum absolute atomic E-state index is 0.241. The van der Waals surface area contributed by atoms with Crippen LogP contribution >= 0.6 is 11.6 Å². The number of halogens is 2. The Balaban J connectivity index is 1.92. The molecule has 0 aliphatic carbocycles. The second kappa shape index (κ2) is 7.39. The lowest BCUT2D eigenvalue weighted by atomic mass is 10.1. The van der Waals surface area contributed by atoms with E-state index in [-0.39, 0.29) is 5.82 Å². The molecule has 2 aromatic rings. The first-order chi connectivity index (χ1) is 9.69. The van der Waals surface area contributed by atoms with Crippen molar-refractivity contribution in [3.8, 4) is 0 Å². The predicted molar refractivity (Wildman–Crippen MR) is 79.1 cm³/mol. The van der Waals surface area contributed by atoms with Crippen molar-refractivity contribution >= 4 is 11.6 Å². The van der Waals surface area contributed by atoms with Gasteiger partial charge in [-0.05, 0) is 29.3 Å². The van der Waals surface area contributed by atoms with Gasteiger partial charge in [-0.25, -0.2) is 4.39 Å². The van der Waals surface area contributed by atoms with E-state index in [1.807, 2.05) is 18.2 Å². The number of hydrogen-bond donors (Lipinski definition) is 1. The molecule has 0 bridgehead atoms. The zero-order valence-electron chi connectivity index (χ0n) is 11.3. The molecule has 20 heavy (non-hydrogen) atoms. The molecule has 0 aliphatic rings. The molecule has 106 valence electrons. The molecule has 0 radical (unpaired) electrons. The minimum Gasteiger partial charge on any atom is -0.380 e. The Kier molecular flexibility index (Phi) is 5.53. The molecule has 0 saturated heterocycles. The molecule has 2 rings (SSSR count). The molecule has 1 N–H and O–H groups in total. The highest BCUT2D eigenvalue weighted by Crippen LogP contribution is 2.15. The van der Waals surface area contributed by atoms with E-state index in [0.717, 1.165) is 11.1 Å². The molecule has 2 aromatic carbocycles. The number of nitrogens with one attached hydrogen (secondary N) is 1. The van der Waals surface area contributed by atoms with Gasteiger partial charge < -0.3 is 10.1 Å². The lowest BCUT2D eigenvalue weighted by molar-refractivity contribution is 0.185. The molecule has 0 fully saturated rings. The smallest absolute Gasteiger partial charge is 0.127 e. The van der Waals surface area contributed by atoms with E-state index in [4.69, 9.17) is 16.3 Å². The van der Waals surface area contributed by atoms with Crippen LogP contribution in [0.15, 0.2) is 42.5 Å². The van der Waals surface area contributed by atoms with E-state index in [2.05, 4.69) is 11.4 Å². The Labute approximate surface area is 123 Å². The molecule has 0 unspecified atom stereocenters. The van der Waals surface area contributed by atoms with Gasteiger partial charge in [0.15, 0.2) is 0 Å². The first-order valence-corrected chi connectivity index (χ1v) is 6.78. The first-order valence-electron chi connectivity index (χ1n) is 6.40. The van der Waals surface area contributed by atoms with Crippen molar-refractivity contribution in [1.29, 1.82) is 0 Å². The summed E-state index contributed by atoms with van der Waals surface area (Å²) in [7, 11) is 1.67. The number of ether oxygens (including phenoxy) is 1. The highest BCUT2D eigenvalue weighted by molar-refractivity contribution is 6.30. The third-order valence-corrected chi connectivity index (χ3v) is 3.19. The summed E-state index contributed by atoms with van der Waals surface area (Å²) in [4.78, 5) is 0. The van der Waals surface area contributed by atoms with Crippen LogP contribution in [0, 0.1) is 5.82 Å². The van der Waals surface area contributed by atoms with E-state index < -0.39 is 0 Å². The van der Waals surface area contributed by atoms with E-state index in [0.29, 0.717) is 30.3 Å². The summed E-state index contributed by atoms with van der Waals surface area (Å²) in [6.45, 7) is 1.71. The monoisotopic (exact) mass is 293 g/mol. The zero-order chi connectivity index (χ0) is 14.4. The zero-order valence-corrected chi connectivity index (χ0v) is 12.1. The quantitative estimate of drug-likeness (QED) is 0.872. The average Bonchev–Trinajstić information content (AvgIpc) is 2.43. The molecule has 2 nitrogen and oxygen atoms in total. The Morgan fingerprint density at radius 3 is 2.70 bits per heavy atom. The van der Waals surface area contributed by atoms with Gasteiger partial charge >= 0.3 is 0 Å². The lowest BCUT2D eigenvalue weighted by Gasteiger charge is -2.08. The summed E-state index contributed by atoms with van der Waals surface area (Å²) in [6, 6.07) is 12.7. The van der Waals surface area contributed by atoms with Crippen molar-refractivity contribution in [1.82, 2.24) is 5.32 Å². The summed E-state index contributed by atoms with van der Waals surface area (Å²) < 4.78 is 18.6. The van der Waals surface area contributed by atoms with Crippen LogP contribution in [0.25, 0.3) is 0 Å². The van der Waals surface area contributed by atoms with E-state index in [1.165, 1.54) is 6.07 Å². The fourth-order valence-electron chi connectivity index (χ4n) is 2.02. The molecule has 0 amide bonds. The fraction of sp³-hybridized carbons (Fsp3) is 0.250. The standard InChI is InChI=1S/C16H17ClFNO/c1-20-11-13-4-2-3-12(7-13)9-19-10-14-8-15(17)5-6-16(14)18/h2-8,19H,9-11H2,1H3. The minimum atomic E-state index is -0.241. The Hall–Kier alpha value is -1.42. The van der Waals surface area contributed by atoms with Crippen LogP contribution in [-0.4, -0.2) is 7.11 Å². The van der Waals surface area contributed by atoms with E-state index in [9.17, 15) is 4.39 Å². The second-order valence-electron chi connectivity index (χ2n) is 4.59. The summed E-state index contributed by atoms with van der Waals surface area (Å²) in [6.07, 6.45) is 0. The molecule has 4 heteroatoms. The molecule has 0 spiro atoms. The highest BCUT2D eigenvalue weighted by Gasteiger charge is 2.03. The number of methoxy groups -OCH3 is 1. The van der Waals surface area contributed by atoms with Crippen LogP contribution in [0.5, 0.6) is 0 Å². The maximum atomic E-state index is 13.5. The predicted octanol–water partition coefficient (Wildman–Crippen LogP) is 3.92. The van der Waals surface area contributed by atoms with Gasteiger partial charge in [0, 0.05) is 30.8 Å². The largest absolute Gasteiger partial charge is 0.380 e. The molecule has 0 saturated carbocycles. The molecule has 0 aliphatic heterocycles. The molecular weight excluding hydrogens is 277 g/mol. The van der Waals surface area contributed by atoms with E-state index in [1.54, 1.807) is 19.2 Å². The van der Waals surface area contributed by atoms with Gasteiger partial charge in [-0.2, -0.15) is 0 Å². The molecule has 0 aromatic heterocycles. The summed E-state index contributed by atoms with van der Waals surface area (Å²) >= 11 is 5.86. The molecule has 0 heterocycles. The van der Waals surface area contributed by atoms with Gasteiger partial charge in [-0.3, -0.25) is 0 Å². The van der Waals surface area contributed by atoms with Crippen LogP contribution in [0.1, 0.15) is 16.7 Å². The first kappa shape index (κ1) is 15.0. The molecule has 0 atom stereocenters. The van der Waals surface area contributed by atoms with E-state index >= 15 is 0 Å². The third-order valence-electron chi connectivity index (χ3n) is 2.95. The Bertz CT molecular complexity index is 574. The van der Waals surface area contributed by atoms with Crippen LogP contribution in [0.3, 0.4) is 0 Å². The highest BCUT2D eigenvalue weighted by atomic mass is 35.5. The van der Waals surface area contributed by atoms with Crippen molar-refractivity contribution in [2.24, 2.45) is 0 Å². The normalized spacial score (nSPS) is 10.8. The summed E-state index contributed by atoms with van der Waals surface area (Å²) in [5.41, 5.74) is 2.84. The van der Waals surface area contributed by atoms with Crippen molar-refractivity contribution < 1.29 is 9.13 Å². The van der Waals surface area contributed by atoms with Crippen molar-refractivity contribution in [3.05, 3.63) is 70.0 Å². The third kappa shape index (κ3) is 4.30. The maximum Gasteiger partial charge on any atom is 0.127 e. The summed E-state index contributed by atoms with van der Waals surface area (Å²) in [5.74, 6) is -0.241. The van der Waals surface area contributed by atoms with Crippen LogP contribution in [0.4, 0.5) is 4.39 Å². The number of hydrogen-bond acceptors (Lipinski definition) is 2. The van der Waals surface area contributed by atoms with Crippen LogP contribution in [-0.2, 0) is 24.4 Å². The van der Waals surface area contributed by atoms with Gasteiger partial charge in [0.2, 0.25) is 0 Å². The average molecular weight is 294 g/mol. The van der Waals surface area contributed by atoms with Crippen molar-refractivity contribution in [2.75, 3.05) is 7.11 Å². The van der Waals surface area contributed by atoms with Gasteiger partial charge in [0.1, 0.15) is 5.82 Å². The lowest BCUT2D eigenvalue weighted by Crippen LogP contribution is -2.14. The topological polar surface area (TPSA) is 21.3 Å². The van der Waals surface area contributed by atoms with Crippen molar-refractivity contribution in [3.63, 3.8) is 0 Å². The van der Waals surface area contributed by atoms with Crippen molar-refractivity contribution in [2.45, 2.75) is 19.7 Å². The maximum absolute atomic E-state index is 13.5. The van der Waals surface area contributed by atoms with Crippen LogP contribution in [0.2, 0.25) is 5.02 Å².